The third-order valence-electron chi connectivity index (χ3n) is 11.8. The smallest absolute Gasteiger partial charge is 0.306 e. The number of hydrogen-bond acceptors (Lipinski definition) is 6. The number of allylic oxidation sites excluding steroid dienone is 8. The molecule has 0 aromatic rings. The third-order valence-corrected chi connectivity index (χ3v) is 11.8. The van der Waals surface area contributed by atoms with E-state index in [-0.39, 0.29) is 31.1 Å². The molecular formula is C57H102O6. The molecule has 0 amide bonds. The van der Waals surface area contributed by atoms with Crippen molar-refractivity contribution in [2.24, 2.45) is 0 Å². The Morgan fingerprint density at radius 1 is 0.317 bits per heavy atom. The van der Waals surface area contributed by atoms with Gasteiger partial charge < -0.3 is 14.2 Å². The maximum Gasteiger partial charge on any atom is 0.306 e. The Morgan fingerprint density at radius 3 is 0.937 bits per heavy atom. The Kier molecular flexibility index (Phi) is 49.8. The van der Waals surface area contributed by atoms with E-state index in [0.29, 0.717) is 19.3 Å². The van der Waals surface area contributed by atoms with Crippen molar-refractivity contribution in [2.75, 3.05) is 13.2 Å². The maximum atomic E-state index is 12.8. The molecule has 0 fully saturated rings. The summed E-state index contributed by atoms with van der Waals surface area (Å²) in [6.07, 6.45) is 62.3. The topological polar surface area (TPSA) is 78.9 Å². The molecule has 0 aromatic heterocycles. The Balaban J connectivity index is 4.40. The summed E-state index contributed by atoms with van der Waals surface area (Å²) in [6, 6.07) is 0. The van der Waals surface area contributed by atoms with Crippen LogP contribution in [0.25, 0.3) is 0 Å². The van der Waals surface area contributed by atoms with Crippen molar-refractivity contribution in [2.45, 2.75) is 284 Å². The number of rotatable bonds is 49. The standard InChI is InChI=1S/C57H102O6/c1-4-7-10-13-16-19-22-25-27-28-30-33-35-38-41-44-47-50-56(59)62-53-54(63-57(60)51-48-45-42-39-36-31-24-21-18-15-12-9-6-3)52-61-55(58)49-46-43-40-37-34-32-29-26-23-20-17-14-11-8-5-2/h16,19,25-27,29-30,33,54H,4-15,17-18,20-24,28,31-32,34-53H2,1-3H3/b19-16-,27-25-,29-26-,33-30-/t54-/m0/s1. The van der Waals surface area contributed by atoms with E-state index in [2.05, 4.69) is 69.4 Å². The monoisotopic (exact) mass is 883 g/mol. The van der Waals surface area contributed by atoms with Crippen molar-refractivity contribution >= 4 is 17.9 Å². The van der Waals surface area contributed by atoms with Gasteiger partial charge in [0.1, 0.15) is 13.2 Å². The first kappa shape index (κ1) is 60.4. The lowest BCUT2D eigenvalue weighted by molar-refractivity contribution is -0.167. The molecule has 63 heavy (non-hydrogen) atoms. The van der Waals surface area contributed by atoms with Gasteiger partial charge >= 0.3 is 17.9 Å². The molecule has 1 atom stereocenters. The molecule has 0 aliphatic carbocycles. The number of carbonyl (C=O) groups is 3. The van der Waals surface area contributed by atoms with Crippen molar-refractivity contribution < 1.29 is 28.6 Å². The minimum Gasteiger partial charge on any atom is -0.462 e. The molecule has 0 saturated heterocycles. The Labute approximate surface area is 390 Å². The van der Waals surface area contributed by atoms with Gasteiger partial charge in [-0.1, -0.05) is 223 Å². The van der Waals surface area contributed by atoms with Crippen LogP contribution in [0.3, 0.4) is 0 Å². The minimum absolute atomic E-state index is 0.0823. The zero-order valence-corrected chi connectivity index (χ0v) is 41.8. The predicted octanol–water partition coefficient (Wildman–Crippen LogP) is 17.9. The van der Waals surface area contributed by atoms with Crippen LogP contribution in [0.15, 0.2) is 48.6 Å². The highest BCUT2D eigenvalue weighted by Crippen LogP contribution is 2.15. The summed E-state index contributed by atoms with van der Waals surface area (Å²) in [7, 11) is 0. The Morgan fingerprint density at radius 2 is 0.571 bits per heavy atom. The first-order valence-electron chi connectivity index (χ1n) is 27.1. The van der Waals surface area contributed by atoms with Crippen molar-refractivity contribution in [3.8, 4) is 0 Å². The lowest BCUT2D eigenvalue weighted by Crippen LogP contribution is -2.30. The van der Waals surface area contributed by atoms with Crippen LogP contribution in [0.2, 0.25) is 0 Å². The molecular weight excluding hydrogens is 781 g/mol. The van der Waals surface area contributed by atoms with Crippen molar-refractivity contribution in [3.63, 3.8) is 0 Å². The number of hydrogen-bond donors (Lipinski definition) is 0. The highest BCUT2D eigenvalue weighted by Gasteiger charge is 2.19. The number of carbonyl (C=O) groups excluding carboxylic acids is 3. The molecule has 0 rings (SSSR count). The molecule has 0 N–H and O–H groups in total. The summed E-state index contributed by atoms with van der Waals surface area (Å²) in [5.41, 5.74) is 0. The Bertz CT molecular complexity index is 1110. The van der Waals surface area contributed by atoms with Crippen molar-refractivity contribution in [3.05, 3.63) is 48.6 Å². The van der Waals surface area contributed by atoms with Crippen LogP contribution in [-0.4, -0.2) is 37.2 Å². The van der Waals surface area contributed by atoms with Gasteiger partial charge in [0.2, 0.25) is 0 Å². The van der Waals surface area contributed by atoms with E-state index in [1.54, 1.807) is 0 Å². The second kappa shape index (κ2) is 52.0. The zero-order valence-electron chi connectivity index (χ0n) is 41.8. The fraction of sp³-hybridized carbons (Fsp3) is 0.807. The molecule has 0 bridgehead atoms. The highest BCUT2D eigenvalue weighted by atomic mass is 16.6. The maximum absolute atomic E-state index is 12.8. The first-order chi connectivity index (χ1) is 31.0. The van der Waals surface area contributed by atoms with Crippen LogP contribution < -0.4 is 0 Å². The molecule has 0 aliphatic rings. The van der Waals surface area contributed by atoms with E-state index in [1.807, 2.05) is 0 Å². The average molecular weight is 883 g/mol. The molecule has 0 aliphatic heterocycles. The summed E-state index contributed by atoms with van der Waals surface area (Å²) < 4.78 is 16.8. The normalized spacial score (nSPS) is 12.4. The van der Waals surface area contributed by atoms with Crippen LogP contribution in [0.4, 0.5) is 0 Å². The number of ether oxygens (including phenoxy) is 3. The van der Waals surface area contributed by atoms with Gasteiger partial charge in [0, 0.05) is 19.3 Å². The number of unbranched alkanes of at least 4 members (excludes halogenated alkanes) is 30. The van der Waals surface area contributed by atoms with Gasteiger partial charge in [-0.15, -0.1) is 0 Å². The molecule has 366 valence electrons. The third kappa shape index (κ3) is 50.2. The van der Waals surface area contributed by atoms with Crippen LogP contribution in [0.5, 0.6) is 0 Å². The molecule has 0 saturated carbocycles. The van der Waals surface area contributed by atoms with Crippen LogP contribution in [0.1, 0.15) is 278 Å². The second-order valence-corrected chi connectivity index (χ2v) is 18.1. The van der Waals surface area contributed by atoms with Crippen molar-refractivity contribution in [1.82, 2.24) is 0 Å². The molecule has 0 aromatic carbocycles. The van der Waals surface area contributed by atoms with Crippen molar-refractivity contribution in [1.29, 1.82) is 0 Å². The van der Waals surface area contributed by atoms with E-state index in [1.165, 1.54) is 148 Å². The molecule has 0 spiro atoms. The summed E-state index contributed by atoms with van der Waals surface area (Å²) in [6.45, 7) is 6.60. The SMILES string of the molecule is CCCCC/C=C\C/C=C\C/C=C\CCCCCCC(=O)OC[C@H](COC(=O)CCCCCCC/C=C\CCCCCCCC)OC(=O)CCCCCCCCCCCCCCC. The quantitative estimate of drug-likeness (QED) is 0.0262. The van der Waals surface area contributed by atoms with E-state index in [4.69, 9.17) is 14.2 Å². The predicted molar refractivity (Wildman–Crippen MR) is 270 cm³/mol. The van der Waals surface area contributed by atoms with E-state index < -0.39 is 6.10 Å². The molecule has 0 unspecified atom stereocenters. The van der Waals surface area contributed by atoms with Crippen LogP contribution in [-0.2, 0) is 28.6 Å². The average Bonchev–Trinajstić information content (AvgIpc) is 3.28. The fourth-order valence-corrected chi connectivity index (χ4v) is 7.68. The van der Waals surface area contributed by atoms with Crippen LogP contribution in [0, 0.1) is 0 Å². The molecule has 6 nitrogen and oxygen atoms in total. The highest BCUT2D eigenvalue weighted by molar-refractivity contribution is 5.71. The summed E-state index contributed by atoms with van der Waals surface area (Å²) in [4.78, 5) is 38.0. The van der Waals surface area contributed by atoms with Gasteiger partial charge in [0.15, 0.2) is 6.10 Å². The van der Waals surface area contributed by atoms with Gasteiger partial charge in [-0.25, -0.2) is 0 Å². The largest absolute Gasteiger partial charge is 0.462 e. The molecule has 0 radical (unpaired) electrons. The summed E-state index contributed by atoms with van der Waals surface area (Å²) in [5.74, 6) is -0.902. The van der Waals surface area contributed by atoms with E-state index in [0.717, 1.165) is 89.9 Å². The van der Waals surface area contributed by atoms with Gasteiger partial charge in [0.05, 0.1) is 0 Å². The summed E-state index contributed by atoms with van der Waals surface area (Å²) >= 11 is 0. The second-order valence-electron chi connectivity index (χ2n) is 18.1. The molecule has 0 heterocycles. The summed E-state index contributed by atoms with van der Waals surface area (Å²) in [5, 5.41) is 0. The lowest BCUT2D eigenvalue weighted by Gasteiger charge is -2.18. The van der Waals surface area contributed by atoms with Crippen LogP contribution >= 0.6 is 0 Å². The van der Waals surface area contributed by atoms with Gasteiger partial charge in [-0.3, -0.25) is 14.4 Å². The first-order valence-corrected chi connectivity index (χ1v) is 27.1. The number of esters is 3. The molecule has 6 heteroatoms. The van der Waals surface area contributed by atoms with Gasteiger partial charge in [-0.05, 0) is 83.5 Å². The lowest BCUT2D eigenvalue weighted by atomic mass is 10.0. The zero-order chi connectivity index (χ0) is 45.8. The van der Waals surface area contributed by atoms with Gasteiger partial charge in [-0.2, -0.15) is 0 Å². The van der Waals surface area contributed by atoms with E-state index >= 15 is 0 Å². The minimum atomic E-state index is -0.782. The fourth-order valence-electron chi connectivity index (χ4n) is 7.68. The Hall–Kier alpha value is -2.63. The van der Waals surface area contributed by atoms with E-state index in [9.17, 15) is 14.4 Å². The van der Waals surface area contributed by atoms with Gasteiger partial charge in [0.25, 0.3) is 0 Å².